The number of amides is 1. The van der Waals surface area contributed by atoms with E-state index in [1.165, 1.54) is 5.06 Å². The zero-order chi connectivity index (χ0) is 25.3. The molecule has 188 valence electrons. The minimum absolute atomic E-state index is 0.206. The van der Waals surface area contributed by atoms with Crippen LogP contribution in [0.4, 0.5) is 0 Å². The van der Waals surface area contributed by atoms with Gasteiger partial charge in [-0.1, -0.05) is 12.1 Å². The smallest absolute Gasteiger partial charge is 0.316 e. The first-order valence-corrected chi connectivity index (χ1v) is 11.8. The normalized spacial score (nSPS) is 18.8. The first-order chi connectivity index (χ1) is 16.0. The summed E-state index contributed by atoms with van der Waals surface area (Å²) in [5.41, 5.74) is 2.71. The molecule has 34 heavy (non-hydrogen) atoms. The molecule has 1 saturated heterocycles. The lowest BCUT2D eigenvalue weighted by Gasteiger charge is -2.43. The number of piperidine rings is 1. The van der Waals surface area contributed by atoms with Crippen LogP contribution in [-0.2, 0) is 28.7 Å². The van der Waals surface area contributed by atoms with Crippen LogP contribution in [0.15, 0.2) is 17.9 Å². The van der Waals surface area contributed by atoms with Crippen molar-refractivity contribution in [3.8, 4) is 0 Å². The van der Waals surface area contributed by atoms with Crippen molar-refractivity contribution in [3.05, 3.63) is 40.1 Å². The Hall–Kier alpha value is -2.26. The number of esters is 1. The van der Waals surface area contributed by atoms with Gasteiger partial charge in [0, 0.05) is 20.2 Å². The second-order valence-corrected chi connectivity index (χ2v) is 10.1. The van der Waals surface area contributed by atoms with Crippen molar-refractivity contribution in [1.82, 2.24) is 10.1 Å². The number of carbonyl (C=O) groups is 2. The second kappa shape index (κ2) is 10.2. The monoisotopic (exact) mass is 474 g/mol. The van der Waals surface area contributed by atoms with Gasteiger partial charge in [0.05, 0.1) is 31.3 Å². The molecule has 0 saturated carbocycles. The van der Waals surface area contributed by atoms with Crippen LogP contribution in [0.1, 0.15) is 55.9 Å². The van der Waals surface area contributed by atoms with Gasteiger partial charge in [0.25, 0.3) is 5.91 Å². The van der Waals surface area contributed by atoms with Crippen LogP contribution in [0.25, 0.3) is 5.57 Å². The number of ether oxygens (including phenoxy) is 2. The highest BCUT2D eigenvalue weighted by atomic mass is 16.7. The number of aryl methyl sites for hydroxylation is 1. The molecule has 0 radical (unpaired) electrons. The van der Waals surface area contributed by atoms with E-state index in [1.807, 2.05) is 38.0 Å². The minimum Gasteiger partial charge on any atom is -0.427 e. The molecule has 1 spiro atoms. The summed E-state index contributed by atoms with van der Waals surface area (Å²) in [6.45, 7) is 13.1. The number of hydrogen-bond acceptors (Lipinski definition) is 7. The summed E-state index contributed by atoms with van der Waals surface area (Å²) in [6, 6.07) is 3.93. The van der Waals surface area contributed by atoms with Crippen LogP contribution in [0.3, 0.4) is 0 Å². The van der Waals surface area contributed by atoms with Gasteiger partial charge >= 0.3 is 5.97 Å². The molecule has 3 rings (SSSR count). The highest BCUT2D eigenvalue weighted by Gasteiger charge is 2.57. The molecule has 2 aliphatic rings. The molecule has 1 aromatic rings. The molecule has 2 heterocycles. The Balaban J connectivity index is 2.21. The average molecular weight is 475 g/mol. The Morgan fingerprint density at radius 2 is 1.68 bits per heavy atom. The first kappa shape index (κ1) is 26.3. The zero-order valence-electron chi connectivity index (χ0n) is 21.7. The van der Waals surface area contributed by atoms with Gasteiger partial charge in [0.1, 0.15) is 11.3 Å². The highest BCUT2D eigenvalue weighted by molar-refractivity contribution is 6.23. The van der Waals surface area contributed by atoms with Crippen LogP contribution in [0.2, 0.25) is 0 Å². The molecule has 0 atom stereocenters. The van der Waals surface area contributed by atoms with Crippen LogP contribution < -0.4 is 0 Å². The van der Waals surface area contributed by atoms with Gasteiger partial charge in [-0.25, -0.2) is 5.06 Å². The number of hydrogen-bond donors (Lipinski definition) is 0. The third kappa shape index (κ3) is 4.77. The van der Waals surface area contributed by atoms with Crippen LogP contribution >= 0.6 is 0 Å². The number of methoxy groups -OCH3 is 1. The molecular formula is C26H38N2O6. The lowest BCUT2D eigenvalue weighted by Crippen LogP contribution is -2.55. The maximum atomic E-state index is 14.0. The van der Waals surface area contributed by atoms with Gasteiger partial charge in [-0.05, 0) is 76.6 Å². The second-order valence-electron chi connectivity index (χ2n) is 10.1. The Bertz CT molecular complexity index is 970. The van der Waals surface area contributed by atoms with E-state index in [2.05, 4.69) is 0 Å². The van der Waals surface area contributed by atoms with Crippen molar-refractivity contribution in [2.75, 3.05) is 40.5 Å². The summed E-state index contributed by atoms with van der Waals surface area (Å²) in [6.07, 6.45) is 0.999. The van der Waals surface area contributed by atoms with E-state index in [4.69, 9.17) is 19.1 Å². The zero-order valence-corrected chi connectivity index (χ0v) is 21.7. The van der Waals surface area contributed by atoms with Crippen molar-refractivity contribution in [3.63, 3.8) is 0 Å². The lowest BCUT2D eigenvalue weighted by atomic mass is 9.84. The fourth-order valence-corrected chi connectivity index (χ4v) is 4.44. The fraction of sp³-hybridized carbons (Fsp3) is 0.615. The molecule has 0 aliphatic carbocycles. The maximum absolute atomic E-state index is 14.0. The van der Waals surface area contributed by atoms with E-state index in [0.717, 1.165) is 22.3 Å². The van der Waals surface area contributed by atoms with Crippen molar-refractivity contribution in [2.24, 2.45) is 5.41 Å². The van der Waals surface area contributed by atoms with E-state index in [1.54, 1.807) is 35.0 Å². The lowest BCUT2D eigenvalue weighted by molar-refractivity contribution is -0.236. The number of carbonyl (C=O) groups excluding carboxylic acids is 2. The molecule has 1 amide bonds. The van der Waals surface area contributed by atoms with Crippen molar-refractivity contribution in [2.45, 2.75) is 59.9 Å². The summed E-state index contributed by atoms with van der Waals surface area (Å²) >= 11 is 0. The SMILES string of the molecule is COCCON1C(=O)C(c2ccc(C)c(C)c2C)=C(OC(=O)C(C)(C)C)C12CCN(OC)CC2. The third-order valence-corrected chi connectivity index (χ3v) is 6.89. The molecular weight excluding hydrogens is 436 g/mol. The predicted octanol–water partition coefficient (Wildman–Crippen LogP) is 3.73. The molecule has 2 aliphatic heterocycles. The summed E-state index contributed by atoms with van der Waals surface area (Å²) in [7, 11) is 3.21. The molecule has 1 aromatic carbocycles. The number of rotatable bonds is 7. The summed E-state index contributed by atoms with van der Waals surface area (Å²) in [5, 5.41) is 3.26. The van der Waals surface area contributed by atoms with Crippen LogP contribution in [0.5, 0.6) is 0 Å². The Morgan fingerprint density at radius 3 is 2.24 bits per heavy atom. The molecule has 0 unspecified atom stereocenters. The van der Waals surface area contributed by atoms with Crippen molar-refractivity contribution < 1.29 is 28.7 Å². The fourth-order valence-electron chi connectivity index (χ4n) is 4.44. The Labute approximate surface area is 202 Å². The molecule has 0 N–H and O–H groups in total. The molecule has 8 heteroatoms. The number of nitrogens with zero attached hydrogens (tertiary/aromatic N) is 2. The van der Waals surface area contributed by atoms with Gasteiger partial charge in [-0.15, -0.1) is 0 Å². The van der Waals surface area contributed by atoms with E-state index in [0.29, 0.717) is 43.9 Å². The van der Waals surface area contributed by atoms with Gasteiger partial charge in [-0.2, -0.15) is 5.06 Å². The standard InChI is InChI=1S/C26H38N2O6/c1-17-9-10-20(19(3)18(17)2)21-22(34-24(30)25(4,5)6)26(11-13-27(32-8)14-12-26)28(23(21)29)33-16-15-31-7/h9-10H,11-16H2,1-8H3. The number of hydroxylamine groups is 4. The summed E-state index contributed by atoms with van der Waals surface area (Å²) in [5.74, 6) is -0.316. The molecule has 0 bridgehead atoms. The third-order valence-electron chi connectivity index (χ3n) is 6.89. The van der Waals surface area contributed by atoms with Crippen molar-refractivity contribution in [1.29, 1.82) is 0 Å². The molecule has 8 nitrogen and oxygen atoms in total. The predicted molar refractivity (Wildman–Crippen MR) is 128 cm³/mol. The van der Waals surface area contributed by atoms with Gasteiger partial charge in [0.15, 0.2) is 0 Å². The van der Waals surface area contributed by atoms with Gasteiger partial charge in [-0.3, -0.25) is 14.4 Å². The Morgan fingerprint density at radius 1 is 1.03 bits per heavy atom. The largest absolute Gasteiger partial charge is 0.427 e. The Kier molecular flexibility index (Phi) is 7.87. The van der Waals surface area contributed by atoms with Gasteiger partial charge < -0.3 is 14.3 Å². The van der Waals surface area contributed by atoms with Crippen LogP contribution in [0, 0.1) is 26.2 Å². The van der Waals surface area contributed by atoms with Crippen LogP contribution in [-0.4, -0.2) is 68.1 Å². The highest BCUT2D eigenvalue weighted by Crippen LogP contribution is 2.48. The van der Waals surface area contributed by atoms with E-state index < -0.39 is 11.0 Å². The van der Waals surface area contributed by atoms with Crippen molar-refractivity contribution >= 4 is 17.4 Å². The number of benzene rings is 1. The average Bonchev–Trinajstić information content (AvgIpc) is 3.00. The van der Waals surface area contributed by atoms with Gasteiger partial charge in [0.2, 0.25) is 0 Å². The van der Waals surface area contributed by atoms with E-state index in [9.17, 15) is 9.59 Å². The minimum atomic E-state index is -0.915. The molecule has 1 fully saturated rings. The summed E-state index contributed by atoms with van der Waals surface area (Å²) < 4.78 is 11.3. The topological polar surface area (TPSA) is 77.5 Å². The first-order valence-electron chi connectivity index (χ1n) is 11.8. The molecule has 0 aromatic heterocycles. The quantitative estimate of drug-likeness (QED) is 0.440. The summed E-state index contributed by atoms with van der Waals surface area (Å²) in [4.78, 5) is 38.6. The van der Waals surface area contributed by atoms with E-state index >= 15 is 0 Å². The maximum Gasteiger partial charge on any atom is 0.316 e. The van der Waals surface area contributed by atoms with E-state index in [-0.39, 0.29) is 18.5 Å².